The second kappa shape index (κ2) is 3.46. The largest absolute Gasteiger partial charge is 0.394 e. The normalized spacial score (nSPS) is 45.8. The lowest BCUT2D eigenvalue weighted by Gasteiger charge is -2.35. The van der Waals surface area contributed by atoms with Gasteiger partial charge >= 0.3 is 0 Å². The van der Waals surface area contributed by atoms with Gasteiger partial charge in [0.25, 0.3) is 0 Å². The molecule has 0 aromatic heterocycles. The third-order valence-corrected chi connectivity index (χ3v) is 1.88. The Balaban J connectivity index is 2.52. The number of hydrogen-bond acceptors (Lipinski definition) is 5. The zero-order valence-electron chi connectivity index (χ0n) is 6.05. The molecule has 0 aromatic rings. The Morgan fingerprint density at radius 3 is 2.64 bits per heavy atom. The molecule has 0 amide bonds. The molecule has 1 saturated heterocycles. The van der Waals surface area contributed by atoms with Crippen molar-refractivity contribution in [1.82, 2.24) is 0 Å². The van der Waals surface area contributed by atoms with E-state index in [2.05, 4.69) is 0 Å². The third-order valence-electron chi connectivity index (χ3n) is 1.88. The standard InChI is InChI=1S/C6H13NO4/c7-5-4(1-8)11-2-3(9)6(5)10/h3-6,8-10H,1-2,7H2/t3-,4+,5?,6+/m0/s1. The van der Waals surface area contributed by atoms with Crippen molar-refractivity contribution in [3.8, 4) is 0 Å². The van der Waals surface area contributed by atoms with Crippen molar-refractivity contribution in [2.45, 2.75) is 24.4 Å². The molecule has 0 spiro atoms. The first-order valence-corrected chi connectivity index (χ1v) is 3.51. The van der Waals surface area contributed by atoms with E-state index in [4.69, 9.17) is 20.7 Å². The maximum Gasteiger partial charge on any atom is 0.105 e. The van der Waals surface area contributed by atoms with E-state index in [-0.39, 0.29) is 13.2 Å². The average molecular weight is 163 g/mol. The molecule has 0 aromatic carbocycles. The minimum atomic E-state index is -0.999. The van der Waals surface area contributed by atoms with Crippen molar-refractivity contribution >= 4 is 0 Å². The van der Waals surface area contributed by atoms with Crippen molar-refractivity contribution in [2.24, 2.45) is 5.73 Å². The molecule has 5 nitrogen and oxygen atoms in total. The van der Waals surface area contributed by atoms with Gasteiger partial charge in [0.2, 0.25) is 0 Å². The SMILES string of the molecule is NC1[C@@H](CO)OC[C@H](O)[C@H]1O. The van der Waals surface area contributed by atoms with Crippen molar-refractivity contribution in [1.29, 1.82) is 0 Å². The van der Waals surface area contributed by atoms with Crippen molar-refractivity contribution in [3.63, 3.8) is 0 Å². The molecular formula is C6H13NO4. The van der Waals surface area contributed by atoms with Crippen LogP contribution in [0.1, 0.15) is 0 Å². The highest BCUT2D eigenvalue weighted by molar-refractivity contribution is 4.89. The van der Waals surface area contributed by atoms with E-state index in [0.717, 1.165) is 0 Å². The van der Waals surface area contributed by atoms with Crippen LogP contribution in [0.4, 0.5) is 0 Å². The van der Waals surface area contributed by atoms with E-state index in [0.29, 0.717) is 0 Å². The lowest BCUT2D eigenvalue weighted by molar-refractivity contribution is -0.143. The Labute approximate surface area is 64.4 Å². The molecule has 1 fully saturated rings. The number of rotatable bonds is 1. The van der Waals surface area contributed by atoms with E-state index >= 15 is 0 Å². The molecule has 0 saturated carbocycles. The lowest BCUT2D eigenvalue weighted by atomic mass is 9.99. The molecule has 1 heterocycles. The van der Waals surface area contributed by atoms with E-state index in [1.807, 2.05) is 0 Å². The Bertz CT molecular complexity index is 130. The van der Waals surface area contributed by atoms with Crippen molar-refractivity contribution < 1.29 is 20.1 Å². The van der Waals surface area contributed by atoms with Crippen LogP contribution < -0.4 is 5.73 Å². The highest BCUT2D eigenvalue weighted by Gasteiger charge is 2.35. The van der Waals surface area contributed by atoms with Crippen molar-refractivity contribution in [2.75, 3.05) is 13.2 Å². The predicted molar refractivity (Wildman–Crippen MR) is 36.8 cm³/mol. The summed E-state index contributed by atoms with van der Waals surface area (Å²) in [7, 11) is 0. The summed E-state index contributed by atoms with van der Waals surface area (Å²) in [4.78, 5) is 0. The Morgan fingerprint density at radius 1 is 1.45 bits per heavy atom. The summed E-state index contributed by atoms with van der Waals surface area (Å²) >= 11 is 0. The van der Waals surface area contributed by atoms with Gasteiger partial charge in [0.1, 0.15) is 6.10 Å². The zero-order valence-corrected chi connectivity index (χ0v) is 6.05. The average Bonchev–Trinajstić information content (AvgIpc) is 2.01. The molecule has 66 valence electrons. The Kier molecular flexibility index (Phi) is 2.80. The molecule has 5 heteroatoms. The highest BCUT2D eigenvalue weighted by Crippen LogP contribution is 2.12. The van der Waals surface area contributed by atoms with Crippen LogP contribution in [0.15, 0.2) is 0 Å². The lowest BCUT2D eigenvalue weighted by Crippen LogP contribution is -2.58. The maximum absolute atomic E-state index is 9.18. The number of aliphatic hydroxyl groups excluding tert-OH is 3. The van der Waals surface area contributed by atoms with Crippen LogP contribution in [0.2, 0.25) is 0 Å². The van der Waals surface area contributed by atoms with Gasteiger partial charge in [-0.05, 0) is 0 Å². The first-order chi connectivity index (χ1) is 5.16. The Hall–Kier alpha value is -0.200. The second-order valence-electron chi connectivity index (χ2n) is 2.69. The van der Waals surface area contributed by atoms with Gasteiger partial charge in [0, 0.05) is 0 Å². The van der Waals surface area contributed by atoms with Crippen LogP contribution in [0.5, 0.6) is 0 Å². The summed E-state index contributed by atoms with van der Waals surface area (Å²) in [6, 6.07) is -0.705. The fraction of sp³-hybridized carbons (Fsp3) is 1.00. The van der Waals surface area contributed by atoms with Crippen LogP contribution in [-0.4, -0.2) is 52.9 Å². The number of nitrogens with two attached hydrogens (primary N) is 1. The highest BCUT2D eigenvalue weighted by atomic mass is 16.5. The zero-order chi connectivity index (χ0) is 8.43. The van der Waals surface area contributed by atoms with Gasteiger partial charge < -0.3 is 25.8 Å². The molecule has 0 radical (unpaired) electrons. The summed E-state index contributed by atoms with van der Waals surface area (Å²) < 4.78 is 4.94. The molecule has 1 unspecified atom stereocenters. The number of hydrogen-bond donors (Lipinski definition) is 4. The van der Waals surface area contributed by atoms with Gasteiger partial charge in [-0.1, -0.05) is 0 Å². The maximum atomic E-state index is 9.18. The summed E-state index contributed by atoms with van der Waals surface area (Å²) in [5, 5.41) is 26.9. The fourth-order valence-corrected chi connectivity index (χ4v) is 1.08. The van der Waals surface area contributed by atoms with E-state index < -0.39 is 24.4 Å². The molecule has 0 aliphatic carbocycles. The molecule has 1 rings (SSSR count). The quantitative estimate of drug-likeness (QED) is 0.340. The number of ether oxygens (including phenoxy) is 1. The van der Waals surface area contributed by atoms with E-state index in [9.17, 15) is 5.11 Å². The fourth-order valence-electron chi connectivity index (χ4n) is 1.08. The van der Waals surface area contributed by atoms with E-state index in [1.165, 1.54) is 0 Å². The minimum Gasteiger partial charge on any atom is -0.394 e. The topological polar surface area (TPSA) is 95.9 Å². The molecular weight excluding hydrogens is 150 g/mol. The van der Waals surface area contributed by atoms with Crippen LogP contribution in [-0.2, 0) is 4.74 Å². The van der Waals surface area contributed by atoms with Crippen molar-refractivity contribution in [3.05, 3.63) is 0 Å². The van der Waals surface area contributed by atoms with Gasteiger partial charge in [-0.25, -0.2) is 0 Å². The minimum absolute atomic E-state index is 0.0279. The van der Waals surface area contributed by atoms with Crippen LogP contribution >= 0.6 is 0 Å². The van der Waals surface area contributed by atoms with Gasteiger partial charge in [-0.2, -0.15) is 0 Å². The molecule has 1 aliphatic heterocycles. The van der Waals surface area contributed by atoms with Gasteiger partial charge in [-0.15, -0.1) is 0 Å². The third kappa shape index (κ3) is 1.69. The molecule has 1 aliphatic rings. The molecule has 4 atom stereocenters. The van der Waals surface area contributed by atoms with E-state index in [1.54, 1.807) is 0 Å². The summed E-state index contributed by atoms with van der Waals surface area (Å²) in [6.45, 7) is -0.203. The van der Waals surface area contributed by atoms with Crippen LogP contribution in [0, 0.1) is 0 Å². The van der Waals surface area contributed by atoms with Gasteiger partial charge in [-0.3, -0.25) is 0 Å². The summed E-state index contributed by atoms with van der Waals surface area (Å²) in [5.41, 5.74) is 5.43. The monoisotopic (exact) mass is 163 g/mol. The predicted octanol–water partition coefficient (Wildman–Crippen LogP) is -2.57. The smallest absolute Gasteiger partial charge is 0.105 e. The molecule has 11 heavy (non-hydrogen) atoms. The molecule has 5 N–H and O–H groups in total. The first-order valence-electron chi connectivity index (χ1n) is 3.51. The van der Waals surface area contributed by atoms with Gasteiger partial charge in [0.15, 0.2) is 0 Å². The van der Waals surface area contributed by atoms with Gasteiger partial charge in [0.05, 0.1) is 31.5 Å². The van der Waals surface area contributed by atoms with Crippen LogP contribution in [0.3, 0.4) is 0 Å². The number of aliphatic hydroxyl groups is 3. The van der Waals surface area contributed by atoms with Crippen LogP contribution in [0.25, 0.3) is 0 Å². The first kappa shape index (κ1) is 8.89. The summed E-state index contributed by atoms with van der Waals surface area (Å²) in [6.07, 6.45) is -2.50. The second-order valence-corrected chi connectivity index (χ2v) is 2.69. The Morgan fingerprint density at radius 2 is 2.09 bits per heavy atom. The molecule has 0 bridgehead atoms. The summed E-state index contributed by atoms with van der Waals surface area (Å²) in [5.74, 6) is 0.